The fourth-order valence-corrected chi connectivity index (χ4v) is 2.15. The molecule has 1 aliphatic heterocycles. The predicted molar refractivity (Wildman–Crippen MR) is 70.7 cm³/mol. The van der Waals surface area contributed by atoms with E-state index in [1.165, 1.54) is 0 Å². The van der Waals surface area contributed by atoms with Gasteiger partial charge in [-0.25, -0.2) is 4.79 Å². The van der Waals surface area contributed by atoms with Crippen LogP contribution in [0.15, 0.2) is 16.5 Å². The van der Waals surface area contributed by atoms with E-state index in [1.54, 1.807) is 4.90 Å². The second-order valence-electron chi connectivity index (χ2n) is 4.77. The van der Waals surface area contributed by atoms with Crippen LogP contribution in [0, 0.1) is 10.1 Å². The molecule has 8 heteroatoms. The van der Waals surface area contributed by atoms with Crippen LogP contribution in [-0.2, 0) is 9.53 Å². The molecular weight excluding hydrogens is 280 g/mol. The molecule has 1 aliphatic rings. The van der Waals surface area contributed by atoms with Crippen LogP contribution in [0.3, 0.4) is 0 Å². The Morgan fingerprint density at radius 1 is 1.24 bits per heavy atom. The first-order chi connectivity index (χ1) is 10.1. The Bertz CT molecular complexity index is 531. The van der Waals surface area contributed by atoms with Crippen LogP contribution in [-0.4, -0.2) is 41.4 Å². The summed E-state index contributed by atoms with van der Waals surface area (Å²) < 4.78 is 9.54. The number of nitrogens with zero attached hydrogens (tertiary/aromatic N) is 2. The van der Waals surface area contributed by atoms with E-state index >= 15 is 0 Å². The van der Waals surface area contributed by atoms with Crippen LogP contribution in [0.5, 0.6) is 0 Å². The van der Waals surface area contributed by atoms with Gasteiger partial charge in [-0.2, -0.15) is 0 Å². The van der Waals surface area contributed by atoms with Crippen molar-refractivity contribution in [3.05, 3.63) is 28.0 Å². The van der Waals surface area contributed by atoms with Crippen LogP contribution in [0.25, 0.3) is 0 Å². The van der Waals surface area contributed by atoms with E-state index in [1.807, 2.05) is 0 Å². The Morgan fingerprint density at radius 3 is 2.48 bits per heavy atom. The maximum absolute atomic E-state index is 11.9. The standard InChI is InChI=1S/C13H16N2O6/c16-11(14-7-3-1-2-4-8-14)9-20-13(17)10-5-6-12(21-10)15(18)19/h5-6H,1-4,7-9H2. The Hall–Kier alpha value is -2.38. The molecule has 1 amide bonds. The lowest BCUT2D eigenvalue weighted by Crippen LogP contribution is -2.35. The molecule has 21 heavy (non-hydrogen) atoms. The van der Waals surface area contributed by atoms with Crippen molar-refractivity contribution in [2.24, 2.45) is 0 Å². The summed E-state index contributed by atoms with van der Waals surface area (Å²) in [7, 11) is 0. The second kappa shape index (κ2) is 6.87. The molecule has 8 nitrogen and oxygen atoms in total. The van der Waals surface area contributed by atoms with Crippen molar-refractivity contribution in [2.75, 3.05) is 19.7 Å². The van der Waals surface area contributed by atoms with Crippen molar-refractivity contribution in [1.82, 2.24) is 4.90 Å². The molecule has 1 fully saturated rings. The molecular formula is C13H16N2O6. The number of likely N-dealkylation sites (tertiary alicyclic amines) is 1. The first-order valence-electron chi connectivity index (χ1n) is 6.77. The minimum atomic E-state index is -0.883. The molecule has 114 valence electrons. The highest BCUT2D eigenvalue weighted by molar-refractivity contribution is 5.89. The molecule has 0 spiro atoms. The van der Waals surface area contributed by atoms with Gasteiger partial charge in [0.25, 0.3) is 5.91 Å². The van der Waals surface area contributed by atoms with Gasteiger partial charge in [0, 0.05) is 13.1 Å². The number of amides is 1. The molecule has 0 atom stereocenters. The van der Waals surface area contributed by atoms with Gasteiger partial charge in [-0.1, -0.05) is 12.8 Å². The minimum Gasteiger partial charge on any atom is -0.450 e. The lowest BCUT2D eigenvalue weighted by atomic mass is 10.2. The zero-order chi connectivity index (χ0) is 15.2. The molecule has 0 saturated carbocycles. The third kappa shape index (κ3) is 4.04. The second-order valence-corrected chi connectivity index (χ2v) is 4.77. The number of esters is 1. The van der Waals surface area contributed by atoms with E-state index in [9.17, 15) is 19.7 Å². The number of ether oxygens (including phenoxy) is 1. The van der Waals surface area contributed by atoms with Gasteiger partial charge in [0.1, 0.15) is 4.92 Å². The summed E-state index contributed by atoms with van der Waals surface area (Å²) in [5, 5.41) is 10.4. The summed E-state index contributed by atoms with van der Waals surface area (Å²) >= 11 is 0. The molecule has 0 N–H and O–H groups in total. The van der Waals surface area contributed by atoms with Crippen molar-refractivity contribution in [3.63, 3.8) is 0 Å². The molecule has 1 aromatic rings. The average Bonchev–Trinajstić information content (AvgIpc) is 2.81. The number of rotatable bonds is 4. The number of hydrogen-bond acceptors (Lipinski definition) is 6. The molecule has 0 aliphatic carbocycles. The van der Waals surface area contributed by atoms with Crippen LogP contribution in [0.4, 0.5) is 5.88 Å². The number of nitro groups is 1. The molecule has 1 aromatic heterocycles. The summed E-state index contributed by atoms with van der Waals surface area (Å²) in [5.74, 6) is -1.97. The van der Waals surface area contributed by atoms with Crippen molar-refractivity contribution in [3.8, 4) is 0 Å². The average molecular weight is 296 g/mol. The fraction of sp³-hybridized carbons (Fsp3) is 0.538. The summed E-state index contributed by atoms with van der Waals surface area (Å²) in [6, 6.07) is 2.21. The Labute approximate surface area is 120 Å². The third-order valence-electron chi connectivity index (χ3n) is 3.26. The first-order valence-corrected chi connectivity index (χ1v) is 6.77. The van der Waals surface area contributed by atoms with Crippen molar-refractivity contribution >= 4 is 17.8 Å². The summed E-state index contributed by atoms with van der Waals surface area (Å²) in [6.07, 6.45) is 4.09. The predicted octanol–water partition coefficient (Wildman–Crippen LogP) is 1.75. The SMILES string of the molecule is O=C(OCC(=O)N1CCCCCC1)c1ccc([N+](=O)[O-])o1. The van der Waals surface area contributed by atoms with Crippen LogP contribution in [0.2, 0.25) is 0 Å². The van der Waals surface area contributed by atoms with Gasteiger partial charge in [-0.05, 0) is 18.9 Å². The van der Waals surface area contributed by atoms with Gasteiger partial charge in [0.15, 0.2) is 6.61 Å². The zero-order valence-electron chi connectivity index (χ0n) is 11.4. The van der Waals surface area contributed by atoms with Gasteiger partial charge in [0.05, 0.1) is 6.07 Å². The van der Waals surface area contributed by atoms with E-state index in [0.717, 1.165) is 37.8 Å². The monoisotopic (exact) mass is 296 g/mol. The van der Waals surface area contributed by atoms with Gasteiger partial charge in [0.2, 0.25) is 5.76 Å². The number of carbonyl (C=O) groups excluding carboxylic acids is 2. The highest BCUT2D eigenvalue weighted by Gasteiger charge is 2.21. The molecule has 1 saturated heterocycles. The Balaban J connectivity index is 1.84. The third-order valence-corrected chi connectivity index (χ3v) is 3.26. The van der Waals surface area contributed by atoms with E-state index in [4.69, 9.17) is 9.15 Å². The highest BCUT2D eigenvalue weighted by Crippen LogP contribution is 2.16. The minimum absolute atomic E-state index is 0.258. The van der Waals surface area contributed by atoms with E-state index in [-0.39, 0.29) is 18.3 Å². The lowest BCUT2D eigenvalue weighted by molar-refractivity contribution is -0.402. The number of carbonyl (C=O) groups is 2. The Morgan fingerprint density at radius 2 is 1.90 bits per heavy atom. The largest absolute Gasteiger partial charge is 0.450 e. The smallest absolute Gasteiger partial charge is 0.433 e. The maximum atomic E-state index is 11.9. The molecule has 2 heterocycles. The quantitative estimate of drug-likeness (QED) is 0.476. The molecule has 2 rings (SSSR count). The van der Waals surface area contributed by atoms with Crippen LogP contribution < -0.4 is 0 Å². The number of hydrogen-bond donors (Lipinski definition) is 0. The topological polar surface area (TPSA) is 103 Å². The van der Waals surface area contributed by atoms with Gasteiger partial charge >= 0.3 is 11.9 Å². The van der Waals surface area contributed by atoms with Crippen molar-refractivity contribution in [1.29, 1.82) is 0 Å². The van der Waals surface area contributed by atoms with Gasteiger partial charge in [-0.3, -0.25) is 14.9 Å². The highest BCUT2D eigenvalue weighted by atomic mass is 16.7. The van der Waals surface area contributed by atoms with Crippen LogP contribution in [0.1, 0.15) is 36.2 Å². The summed E-state index contributed by atoms with van der Waals surface area (Å²) in [5.41, 5.74) is 0. The molecule has 0 unspecified atom stereocenters. The van der Waals surface area contributed by atoms with E-state index in [2.05, 4.69) is 0 Å². The number of furan rings is 1. The lowest BCUT2D eigenvalue weighted by Gasteiger charge is -2.19. The summed E-state index contributed by atoms with van der Waals surface area (Å²) in [4.78, 5) is 34.9. The van der Waals surface area contributed by atoms with Crippen molar-refractivity contribution in [2.45, 2.75) is 25.7 Å². The van der Waals surface area contributed by atoms with E-state index < -0.39 is 16.8 Å². The maximum Gasteiger partial charge on any atom is 0.433 e. The van der Waals surface area contributed by atoms with Gasteiger partial charge < -0.3 is 14.1 Å². The fourth-order valence-electron chi connectivity index (χ4n) is 2.15. The van der Waals surface area contributed by atoms with Crippen LogP contribution >= 0.6 is 0 Å². The molecule has 0 bridgehead atoms. The Kier molecular flexibility index (Phi) is 4.91. The zero-order valence-corrected chi connectivity index (χ0v) is 11.4. The molecule has 0 radical (unpaired) electrons. The summed E-state index contributed by atoms with van der Waals surface area (Å²) in [6.45, 7) is 0.957. The normalized spacial score (nSPS) is 15.3. The van der Waals surface area contributed by atoms with E-state index in [0.29, 0.717) is 13.1 Å². The molecule has 0 aromatic carbocycles. The van der Waals surface area contributed by atoms with Crippen molar-refractivity contribution < 1.29 is 23.7 Å². The van der Waals surface area contributed by atoms with Gasteiger partial charge in [-0.15, -0.1) is 0 Å². The first kappa shape index (κ1) is 15.0.